The highest BCUT2D eigenvalue weighted by Gasteiger charge is 2.19. The minimum absolute atomic E-state index is 0.108. The van der Waals surface area contributed by atoms with Crippen molar-refractivity contribution in [1.82, 2.24) is 5.32 Å². The van der Waals surface area contributed by atoms with Crippen LogP contribution in [0.1, 0.15) is 38.2 Å². The van der Waals surface area contributed by atoms with Crippen molar-refractivity contribution in [1.29, 1.82) is 0 Å². The summed E-state index contributed by atoms with van der Waals surface area (Å²) in [5, 5.41) is 12.9. The molecule has 1 heterocycles. The van der Waals surface area contributed by atoms with Gasteiger partial charge in [-0.05, 0) is 48.6 Å². The molecule has 4 nitrogen and oxygen atoms in total. The number of aliphatic hydroxyl groups is 1. The van der Waals surface area contributed by atoms with Gasteiger partial charge in [0.1, 0.15) is 0 Å². The summed E-state index contributed by atoms with van der Waals surface area (Å²) in [4.78, 5) is 14.2. The van der Waals surface area contributed by atoms with Crippen molar-refractivity contribution in [3.63, 3.8) is 0 Å². The normalized spacial score (nSPS) is 14.7. The van der Waals surface area contributed by atoms with Gasteiger partial charge in [0.15, 0.2) is 0 Å². The van der Waals surface area contributed by atoms with Crippen LogP contribution < -0.4 is 11.1 Å². The first-order valence-electron chi connectivity index (χ1n) is 7.07. The fraction of sp³-hybridized carbons (Fsp3) is 0.312. The summed E-state index contributed by atoms with van der Waals surface area (Å²) in [6.07, 6.45) is 2.63. The summed E-state index contributed by atoms with van der Waals surface area (Å²) in [6, 6.07) is 9.00. The number of nitrogens with one attached hydrogen (secondary N) is 1. The minimum Gasteiger partial charge on any atom is -0.399 e. The lowest BCUT2D eigenvalue weighted by molar-refractivity contribution is 0.0920. The lowest BCUT2D eigenvalue weighted by Crippen LogP contribution is -2.27. The molecule has 5 heteroatoms. The summed E-state index contributed by atoms with van der Waals surface area (Å²) in [7, 11) is 0. The molecular weight excluding hydrogens is 284 g/mol. The lowest BCUT2D eigenvalue weighted by Gasteiger charge is -2.12. The van der Waals surface area contributed by atoms with Gasteiger partial charge in [0.2, 0.25) is 0 Å². The van der Waals surface area contributed by atoms with E-state index in [1.54, 1.807) is 35.6 Å². The number of aryl methyl sites for hydroxylation is 2. The van der Waals surface area contributed by atoms with Crippen LogP contribution in [-0.4, -0.2) is 17.6 Å². The Morgan fingerprint density at radius 2 is 2.10 bits per heavy atom. The summed E-state index contributed by atoms with van der Waals surface area (Å²) in [5.41, 5.74) is 8.32. The van der Waals surface area contributed by atoms with Crippen LogP contribution in [-0.2, 0) is 12.8 Å². The molecule has 3 rings (SSSR count). The molecule has 2 aromatic rings. The van der Waals surface area contributed by atoms with Crippen LogP contribution in [0.25, 0.3) is 0 Å². The summed E-state index contributed by atoms with van der Waals surface area (Å²) in [5.74, 6) is -0.108. The van der Waals surface area contributed by atoms with Gasteiger partial charge in [0, 0.05) is 17.1 Å². The third kappa shape index (κ3) is 3.09. The zero-order valence-electron chi connectivity index (χ0n) is 11.6. The summed E-state index contributed by atoms with van der Waals surface area (Å²) < 4.78 is 0. The van der Waals surface area contributed by atoms with Gasteiger partial charge in [-0.3, -0.25) is 4.79 Å². The van der Waals surface area contributed by atoms with Crippen LogP contribution in [0.3, 0.4) is 0 Å². The Labute approximate surface area is 127 Å². The number of carbonyl (C=O) groups excluding carboxylic acids is 1. The Morgan fingerprint density at radius 1 is 1.33 bits per heavy atom. The number of nitrogen functional groups attached to an aromatic ring is 1. The number of hydrogen-bond donors (Lipinski definition) is 3. The van der Waals surface area contributed by atoms with Crippen molar-refractivity contribution >= 4 is 22.9 Å². The first-order chi connectivity index (χ1) is 10.1. The molecule has 21 heavy (non-hydrogen) atoms. The molecule has 1 atom stereocenters. The van der Waals surface area contributed by atoms with Crippen LogP contribution in [0, 0.1) is 0 Å². The fourth-order valence-corrected chi connectivity index (χ4v) is 3.72. The molecule has 0 saturated carbocycles. The number of anilines is 1. The number of rotatable bonds is 4. The minimum atomic E-state index is -0.721. The van der Waals surface area contributed by atoms with Gasteiger partial charge < -0.3 is 16.2 Å². The van der Waals surface area contributed by atoms with Crippen LogP contribution >= 0.6 is 11.3 Å². The molecule has 0 aliphatic heterocycles. The molecule has 1 aliphatic rings. The van der Waals surface area contributed by atoms with Crippen molar-refractivity contribution in [3.8, 4) is 0 Å². The van der Waals surface area contributed by atoms with Gasteiger partial charge in [0.05, 0.1) is 11.0 Å². The Kier molecular flexibility index (Phi) is 3.94. The van der Waals surface area contributed by atoms with E-state index in [-0.39, 0.29) is 12.5 Å². The van der Waals surface area contributed by atoms with Gasteiger partial charge in [-0.25, -0.2) is 0 Å². The molecule has 1 aromatic carbocycles. The second-order valence-corrected chi connectivity index (χ2v) is 6.44. The predicted molar refractivity (Wildman–Crippen MR) is 84.5 cm³/mol. The maximum Gasteiger partial charge on any atom is 0.261 e. The fourth-order valence-electron chi connectivity index (χ4n) is 2.55. The smallest absolute Gasteiger partial charge is 0.261 e. The Bertz CT molecular complexity index is 627. The second-order valence-electron chi connectivity index (χ2n) is 5.31. The number of hydrogen-bond acceptors (Lipinski definition) is 4. The van der Waals surface area contributed by atoms with Gasteiger partial charge in [-0.15, -0.1) is 11.3 Å². The van der Waals surface area contributed by atoms with Gasteiger partial charge in [-0.1, -0.05) is 12.1 Å². The number of nitrogens with two attached hydrogens (primary N) is 1. The van der Waals surface area contributed by atoms with Gasteiger partial charge in [-0.2, -0.15) is 0 Å². The monoisotopic (exact) mass is 302 g/mol. The predicted octanol–water partition coefficient (Wildman–Crippen LogP) is 2.28. The van der Waals surface area contributed by atoms with Crippen LogP contribution in [0.4, 0.5) is 5.69 Å². The van der Waals surface area contributed by atoms with Gasteiger partial charge in [0.25, 0.3) is 5.91 Å². The Hall–Kier alpha value is -1.85. The van der Waals surface area contributed by atoms with Crippen molar-refractivity contribution in [2.45, 2.75) is 25.4 Å². The molecule has 0 fully saturated rings. The highest BCUT2D eigenvalue weighted by atomic mass is 32.1. The molecule has 4 N–H and O–H groups in total. The highest BCUT2D eigenvalue weighted by molar-refractivity contribution is 7.14. The van der Waals surface area contributed by atoms with E-state index >= 15 is 0 Å². The number of aliphatic hydroxyl groups excluding tert-OH is 1. The standard InChI is InChI=1S/C16H18N2O2S/c17-12-6-4-10(5-7-12)13(19)9-18-16(20)15-8-11-2-1-3-14(11)21-15/h4-8,13,19H,1-3,9,17H2,(H,18,20). The van der Waals surface area contributed by atoms with E-state index in [0.717, 1.165) is 23.3 Å². The number of benzene rings is 1. The van der Waals surface area contributed by atoms with E-state index in [2.05, 4.69) is 5.32 Å². The van der Waals surface area contributed by atoms with Crippen LogP contribution in [0.15, 0.2) is 30.3 Å². The molecule has 0 spiro atoms. The number of carbonyl (C=O) groups is 1. The number of thiophene rings is 1. The topological polar surface area (TPSA) is 75.3 Å². The molecular formula is C16H18N2O2S. The molecule has 1 aromatic heterocycles. The maximum atomic E-state index is 12.1. The molecule has 1 amide bonds. The molecule has 1 unspecified atom stereocenters. The third-order valence-electron chi connectivity index (χ3n) is 3.75. The summed E-state index contributed by atoms with van der Waals surface area (Å²) >= 11 is 1.57. The average Bonchev–Trinajstić information content (AvgIpc) is 3.06. The molecule has 1 aliphatic carbocycles. The van der Waals surface area contributed by atoms with E-state index < -0.39 is 6.10 Å². The van der Waals surface area contributed by atoms with E-state index in [1.165, 1.54) is 16.9 Å². The molecule has 0 radical (unpaired) electrons. The molecule has 110 valence electrons. The van der Waals surface area contributed by atoms with E-state index in [4.69, 9.17) is 5.73 Å². The van der Waals surface area contributed by atoms with E-state index in [1.807, 2.05) is 6.07 Å². The Balaban J connectivity index is 1.58. The van der Waals surface area contributed by atoms with Crippen molar-refractivity contribution < 1.29 is 9.90 Å². The van der Waals surface area contributed by atoms with Crippen molar-refractivity contribution in [3.05, 3.63) is 51.2 Å². The largest absolute Gasteiger partial charge is 0.399 e. The van der Waals surface area contributed by atoms with Crippen LogP contribution in [0.5, 0.6) is 0 Å². The van der Waals surface area contributed by atoms with Crippen LogP contribution in [0.2, 0.25) is 0 Å². The van der Waals surface area contributed by atoms with E-state index in [9.17, 15) is 9.90 Å². The first kappa shape index (κ1) is 14.1. The quantitative estimate of drug-likeness (QED) is 0.758. The zero-order valence-corrected chi connectivity index (χ0v) is 12.5. The zero-order chi connectivity index (χ0) is 14.8. The third-order valence-corrected chi connectivity index (χ3v) is 4.98. The Morgan fingerprint density at radius 3 is 2.81 bits per heavy atom. The van der Waals surface area contributed by atoms with Crippen molar-refractivity contribution in [2.75, 3.05) is 12.3 Å². The highest BCUT2D eigenvalue weighted by Crippen LogP contribution is 2.30. The summed E-state index contributed by atoms with van der Waals surface area (Å²) in [6.45, 7) is 0.200. The molecule has 0 bridgehead atoms. The number of amides is 1. The first-order valence-corrected chi connectivity index (χ1v) is 7.88. The van der Waals surface area contributed by atoms with Crippen molar-refractivity contribution in [2.24, 2.45) is 0 Å². The average molecular weight is 302 g/mol. The second kappa shape index (κ2) is 5.87. The maximum absolute atomic E-state index is 12.1. The van der Waals surface area contributed by atoms with Gasteiger partial charge >= 0.3 is 0 Å². The van der Waals surface area contributed by atoms with E-state index in [0.29, 0.717) is 5.69 Å². The SMILES string of the molecule is Nc1ccc(C(O)CNC(=O)c2cc3c(s2)CCC3)cc1. The number of fused-ring (bicyclic) bond motifs is 1. The lowest BCUT2D eigenvalue weighted by atomic mass is 10.1. The molecule has 0 saturated heterocycles.